The van der Waals surface area contributed by atoms with Gasteiger partial charge in [0, 0.05) is 19.8 Å². The summed E-state index contributed by atoms with van der Waals surface area (Å²) in [5.74, 6) is 0. The van der Waals surface area contributed by atoms with Crippen molar-refractivity contribution in [3.63, 3.8) is 0 Å². The summed E-state index contributed by atoms with van der Waals surface area (Å²) in [6.07, 6.45) is 6.60. The lowest BCUT2D eigenvalue weighted by Crippen LogP contribution is -2.61. The summed E-state index contributed by atoms with van der Waals surface area (Å²) in [4.78, 5) is 0. The average Bonchev–Trinajstić information content (AvgIpc) is 3.05. The fraction of sp³-hybridized carbons (Fsp3) is 1.00. The smallest absolute Gasteiger partial charge is 0.114 e. The van der Waals surface area contributed by atoms with E-state index in [1.165, 1.54) is 0 Å². The van der Waals surface area contributed by atoms with Crippen LogP contribution in [0.15, 0.2) is 10.3 Å². The minimum atomic E-state index is -0.0185. The van der Waals surface area contributed by atoms with E-state index in [0.717, 1.165) is 64.9 Å². The lowest BCUT2D eigenvalue weighted by molar-refractivity contribution is -0.189. The van der Waals surface area contributed by atoms with Crippen LogP contribution in [0, 0.1) is 0 Å². The van der Waals surface area contributed by atoms with E-state index in [4.69, 9.17) is 14.2 Å². The first-order chi connectivity index (χ1) is 11.8. The van der Waals surface area contributed by atoms with E-state index in [2.05, 4.69) is 31.1 Å². The molecule has 2 rings (SSSR count). The number of hydrogen-bond acceptors (Lipinski definition) is 6. The van der Waals surface area contributed by atoms with Gasteiger partial charge in [0.2, 0.25) is 0 Å². The van der Waals surface area contributed by atoms with Crippen LogP contribution < -0.4 is 0 Å². The number of rotatable bonds is 12. The standard InChI is InChI=1S/C18H35N3O3/c1-4-7-10-22-16-14-21-15(13-19-20-21)17(23-11-8-5-2)18(16)24-12-9-6-3/h15-18H,4-14H2,1-3H3/t15?,16-,17+,18?/m1/s1. The molecule has 0 aromatic rings. The molecule has 0 spiro atoms. The van der Waals surface area contributed by atoms with Gasteiger partial charge in [0.05, 0.1) is 19.1 Å². The van der Waals surface area contributed by atoms with Gasteiger partial charge in [-0.1, -0.05) is 45.3 Å². The zero-order chi connectivity index (χ0) is 17.2. The number of ether oxygens (including phenoxy) is 3. The fourth-order valence-electron chi connectivity index (χ4n) is 3.19. The van der Waals surface area contributed by atoms with Crippen LogP contribution >= 0.6 is 0 Å². The maximum Gasteiger partial charge on any atom is 0.114 e. The molecule has 0 amide bonds. The average molecular weight is 341 g/mol. The quantitative estimate of drug-likeness (QED) is 0.509. The van der Waals surface area contributed by atoms with Crippen LogP contribution in [0.25, 0.3) is 0 Å². The van der Waals surface area contributed by atoms with Crippen molar-refractivity contribution in [2.24, 2.45) is 10.3 Å². The van der Waals surface area contributed by atoms with E-state index in [0.29, 0.717) is 6.54 Å². The summed E-state index contributed by atoms with van der Waals surface area (Å²) in [5.41, 5.74) is 0. The third-order valence-corrected chi connectivity index (χ3v) is 4.71. The molecule has 24 heavy (non-hydrogen) atoms. The van der Waals surface area contributed by atoms with Crippen molar-refractivity contribution in [2.75, 3.05) is 32.9 Å². The molecular weight excluding hydrogens is 306 g/mol. The van der Waals surface area contributed by atoms with Crippen LogP contribution in [0.5, 0.6) is 0 Å². The van der Waals surface area contributed by atoms with Crippen molar-refractivity contribution in [3.8, 4) is 0 Å². The Morgan fingerprint density at radius 3 is 2.04 bits per heavy atom. The first-order valence-corrected chi connectivity index (χ1v) is 9.80. The summed E-state index contributed by atoms with van der Waals surface area (Å²) < 4.78 is 18.7. The molecule has 2 heterocycles. The van der Waals surface area contributed by atoms with Crippen LogP contribution in [-0.4, -0.2) is 62.3 Å². The predicted octanol–water partition coefficient (Wildman–Crippen LogP) is 3.61. The highest BCUT2D eigenvalue weighted by atomic mass is 16.6. The van der Waals surface area contributed by atoms with Crippen LogP contribution in [0.2, 0.25) is 0 Å². The molecule has 1 fully saturated rings. The summed E-state index contributed by atoms with van der Waals surface area (Å²) in [6, 6.07) is 0.194. The van der Waals surface area contributed by atoms with Gasteiger partial charge in [-0.15, -0.1) is 0 Å². The van der Waals surface area contributed by atoms with E-state index in [1.54, 1.807) is 0 Å². The molecule has 0 bridgehead atoms. The highest BCUT2D eigenvalue weighted by Crippen LogP contribution is 2.30. The first-order valence-electron chi connectivity index (χ1n) is 9.80. The normalized spacial score (nSPS) is 29.2. The lowest BCUT2D eigenvalue weighted by atomic mass is 9.94. The van der Waals surface area contributed by atoms with E-state index in [1.807, 2.05) is 5.01 Å². The van der Waals surface area contributed by atoms with Gasteiger partial charge in [-0.25, -0.2) is 0 Å². The number of nitrogens with zero attached hydrogens (tertiary/aromatic N) is 3. The Bertz CT molecular complexity index is 367. The highest BCUT2D eigenvalue weighted by molar-refractivity contribution is 4.98. The zero-order valence-corrected chi connectivity index (χ0v) is 15.7. The predicted molar refractivity (Wildman–Crippen MR) is 94.2 cm³/mol. The van der Waals surface area contributed by atoms with Gasteiger partial charge >= 0.3 is 0 Å². The van der Waals surface area contributed by atoms with Crippen LogP contribution in [-0.2, 0) is 14.2 Å². The van der Waals surface area contributed by atoms with Gasteiger partial charge in [-0.05, 0) is 19.3 Å². The summed E-state index contributed by atoms with van der Waals surface area (Å²) in [7, 11) is 0. The molecule has 6 heteroatoms. The molecule has 0 radical (unpaired) electrons. The molecule has 0 aliphatic carbocycles. The van der Waals surface area contributed by atoms with Crippen LogP contribution in [0.1, 0.15) is 59.3 Å². The molecule has 2 aliphatic rings. The van der Waals surface area contributed by atoms with Crippen molar-refractivity contribution in [2.45, 2.75) is 83.6 Å². The number of hydrogen-bond donors (Lipinski definition) is 0. The second-order valence-corrected chi connectivity index (χ2v) is 6.74. The molecular formula is C18H35N3O3. The minimum Gasteiger partial charge on any atom is -0.373 e. The Morgan fingerprint density at radius 2 is 1.42 bits per heavy atom. The second-order valence-electron chi connectivity index (χ2n) is 6.74. The Balaban J connectivity index is 2.03. The van der Waals surface area contributed by atoms with E-state index < -0.39 is 0 Å². The maximum absolute atomic E-state index is 6.26. The van der Waals surface area contributed by atoms with Gasteiger partial charge in [-0.2, -0.15) is 5.11 Å². The number of fused-ring (bicyclic) bond motifs is 1. The molecule has 0 aromatic carbocycles. The Kier molecular flexibility index (Phi) is 8.99. The zero-order valence-electron chi connectivity index (χ0n) is 15.7. The third kappa shape index (κ3) is 5.39. The minimum absolute atomic E-state index is 0.00772. The Labute approximate surface area is 146 Å². The van der Waals surface area contributed by atoms with E-state index >= 15 is 0 Å². The second kappa shape index (κ2) is 11.0. The monoisotopic (exact) mass is 341 g/mol. The molecule has 0 aromatic heterocycles. The molecule has 140 valence electrons. The third-order valence-electron chi connectivity index (χ3n) is 4.71. The van der Waals surface area contributed by atoms with Crippen molar-refractivity contribution in [1.29, 1.82) is 0 Å². The maximum atomic E-state index is 6.26. The molecule has 4 atom stereocenters. The number of unbranched alkanes of at least 4 members (excludes halogenated alkanes) is 3. The van der Waals surface area contributed by atoms with Gasteiger partial charge < -0.3 is 14.2 Å². The SMILES string of the molecule is CCCCOC1[C@@H](OCCCC)C2CN=NN2C[C@H]1OCCCC. The van der Waals surface area contributed by atoms with Crippen molar-refractivity contribution < 1.29 is 14.2 Å². The van der Waals surface area contributed by atoms with E-state index in [9.17, 15) is 0 Å². The summed E-state index contributed by atoms with van der Waals surface area (Å²) in [5, 5.41) is 10.6. The van der Waals surface area contributed by atoms with Gasteiger partial charge in [0.15, 0.2) is 0 Å². The van der Waals surface area contributed by atoms with E-state index in [-0.39, 0.29) is 24.4 Å². The molecule has 6 nitrogen and oxygen atoms in total. The Morgan fingerprint density at radius 1 is 0.833 bits per heavy atom. The molecule has 0 saturated carbocycles. The number of piperidine rings is 1. The van der Waals surface area contributed by atoms with Gasteiger partial charge in [-0.3, -0.25) is 5.01 Å². The largest absolute Gasteiger partial charge is 0.373 e. The van der Waals surface area contributed by atoms with Gasteiger partial charge in [0.25, 0.3) is 0 Å². The van der Waals surface area contributed by atoms with Crippen molar-refractivity contribution in [1.82, 2.24) is 5.01 Å². The van der Waals surface area contributed by atoms with Crippen molar-refractivity contribution in [3.05, 3.63) is 0 Å². The molecule has 0 N–H and O–H groups in total. The molecule has 1 saturated heterocycles. The van der Waals surface area contributed by atoms with Crippen LogP contribution in [0.3, 0.4) is 0 Å². The Hall–Kier alpha value is -0.720. The summed E-state index contributed by atoms with van der Waals surface area (Å²) in [6.45, 7) is 10.3. The topological polar surface area (TPSA) is 55.7 Å². The first kappa shape index (κ1) is 19.6. The lowest BCUT2D eigenvalue weighted by Gasteiger charge is -2.44. The summed E-state index contributed by atoms with van der Waals surface area (Å²) >= 11 is 0. The highest BCUT2D eigenvalue weighted by Gasteiger charge is 2.47. The molecule has 2 unspecified atom stereocenters. The van der Waals surface area contributed by atoms with Crippen molar-refractivity contribution >= 4 is 0 Å². The molecule has 2 aliphatic heterocycles. The van der Waals surface area contributed by atoms with Crippen LogP contribution in [0.4, 0.5) is 0 Å². The fourth-order valence-corrected chi connectivity index (χ4v) is 3.19. The van der Waals surface area contributed by atoms with Gasteiger partial charge in [0.1, 0.15) is 18.3 Å².